The van der Waals surface area contributed by atoms with Crippen LogP contribution in [0.3, 0.4) is 0 Å². The second kappa shape index (κ2) is 8.22. The van der Waals surface area contributed by atoms with Gasteiger partial charge >= 0.3 is 0 Å². The Hall–Kier alpha value is -2.91. The molecule has 2 N–H and O–H groups in total. The number of thiophene rings is 1. The highest BCUT2D eigenvalue weighted by Gasteiger charge is 2.17. The lowest BCUT2D eigenvalue weighted by Crippen LogP contribution is -2.24. The van der Waals surface area contributed by atoms with Crippen LogP contribution in [0.4, 0.5) is 4.39 Å². The summed E-state index contributed by atoms with van der Waals surface area (Å²) < 4.78 is 18.4. The van der Waals surface area contributed by atoms with Crippen molar-refractivity contribution in [2.24, 2.45) is 0 Å². The Bertz CT molecular complexity index is 1210. The number of H-pyrrole nitrogens is 1. The Labute approximate surface area is 173 Å². The molecule has 148 valence electrons. The van der Waals surface area contributed by atoms with Crippen LogP contribution in [0.25, 0.3) is 21.3 Å². The third-order valence-corrected chi connectivity index (χ3v) is 6.10. The van der Waals surface area contributed by atoms with E-state index >= 15 is 0 Å². The Morgan fingerprint density at radius 2 is 2.10 bits per heavy atom. The summed E-state index contributed by atoms with van der Waals surface area (Å²) >= 11 is 2.55. The minimum Gasteiger partial charge on any atom is -0.467 e. The molecule has 1 aromatic carbocycles. The SMILES string of the molecule is Cc1sc2nc(SCC(=O)NCc3ccco3)[nH]c(=O)c2c1-c1ccc(F)cc1. The first kappa shape index (κ1) is 19.4. The highest BCUT2D eigenvalue weighted by molar-refractivity contribution is 7.99. The average molecular weight is 429 g/mol. The molecule has 4 aromatic rings. The summed E-state index contributed by atoms with van der Waals surface area (Å²) in [6.07, 6.45) is 1.54. The molecule has 29 heavy (non-hydrogen) atoms. The average Bonchev–Trinajstić information content (AvgIpc) is 3.33. The number of nitrogens with one attached hydrogen (secondary N) is 2. The van der Waals surface area contributed by atoms with Crippen LogP contribution >= 0.6 is 23.1 Å². The largest absolute Gasteiger partial charge is 0.467 e. The van der Waals surface area contributed by atoms with Gasteiger partial charge in [-0.3, -0.25) is 9.59 Å². The van der Waals surface area contributed by atoms with Crippen molar-refractivity contribution in [3.05, 3.63) is 69.5 Å². The van der Waals surface area contributed by atoms with Gasteiger partial charge in [0.05, 0.1) is 23.9 Å². The number of hydrogen-bond donors (Lipinski definition) is 2. The number of aryl methyl sites for hydroxylation is 1. The van der Waals surface area contributed by atoms with E-state index in [1.165, 1.54) is 23.5 Å². The Balaban J connectivity index is 1.53. The molecule has 1 amide bonds. The predicted molar refractivity (Wildman–Crippen MR) is 112 cm³/mol. The van der Waals surface area contributed by atoms with Gasteiger partial charge in [0.25, 0.3) is 5.56 Å². The second-order valence-corrected chi connectivity index (χ2v) is 8.40. The summed E-state index contributed by atoms with van der Waals surface area (Å²) in [6.45, 7) is 2.21. The van der Waals surface area contributed by atoms with Gasteiger partial charge in [0.1, 0.15) is 16.4 Å². The fourth-order valence-corrected chi connectivity index (χ4v) is 4.71. The van der Waals surface area contributed by atoms with E-state index in [-0.39, 0.29) is 23.0 Å². The molecule has 0 atom stereocenters. The van der Waals surface area contributed by atoms with Crippen LogP contribution in [-0.4, -0.2) is 21.6 Å². The fraction of sp³-hybridized carbons (Fsp3) is 0.150. The Kier molecular flexibility index (Phi) is 5.50. The molecule has 0 radical (unpaired) electrons. The van der Waals surface area contributed by atoms with E-state index in [9.17, 15) is 14.0 Å². The minimum absolute atomic E-state index is 0.115. The van der Waals surface area contributed by atoms with Gasteiger partial charge in [-0.1, -0.05) is 23.9 Å². The van der Waals surface area contributed by atoms with Crippen LogP contribution < -0.4 is 10.9 Å². The lowest BCUT2D eigenvalue weighted by molar-refractivity contribution is -0.118. The third kappa shape index (κ3) is 4.25. The molecule has 9 heteroatoms. The molecule has 0 aliphatic carbocycles. The van der Waals surface area contributed by atoms with Crippen molar-refractivity contribution in [2.45, 2.75) is 18.6 Å². The van der Waals surface area contributed by atoms with Crippen molar-refractivity contribution >= 4 is 39.2 Å². The van der Waals surface area contributed by atoms with Crippen LogP contribution in [0.15, 0.2) is 57.0 Å². The van der Waals surface area contributed by atoms with E-state index in [2.05, 4.69) is 15.3 Å². The number of hydrogen-bond acceptors (Lipinski definition) is 6. The van der Waals surface area contributed by atoms with Gasteiger partial charge in [0.2, 0.25) is 5.91 Å². The number of carbonyl (C=O) groups is 1. The molecule has 6 nitrogen and oxygen atoms in total. The first-order chi connectivity index (χ1) is 14.0. The number of nitrogens with zero attached hydrogens (tertiary/aromatic N) is 1. The normalized spacial score (nSPS) is 11.1. The van der Waals surface area contributed by atoms with Crippen LogP contribution in [0.2, 0.25) is 0 Å². The maximum absolute atomic E-state index is 13.2. The summed E-state index contributed by atoms with van der Waals surface area (Å²) in [5.41, 5.74) is 1.24. The Morgan fingerprint density at radius 1 is 1.31 bits per heavy atom. The highest BCUT2D eigenvalue weighted by atomic mass is 32.2. The maximum Gasteiger partial charge on any atom is 0.260 e. The topological polar surface area (TPSA) is 88.0 Å². The summed E-state index contributed by atoms with van der Waals surface area (Å²) in [5, 5.41) is 3.60. The molecular formula is C20H16FN3O3S2. The fourth-order valence-electron chi connectivity index (χ4n) is 2.92. The van der Waals surface area contributed by atoms with Crippen LogP contribution in [0, 0.1) is 12.7 Å². The lowest BCUT2D eigenvalue weighted by atomic mass is 10.0. The van der Waals surface area contributed by atoms with E-state index in [0.717, 1.165) is 27.8 Å². The van der Waals surface area contributed by atoms with Crippen molar-refractivity contribution < 1.29 is 13.6 Å². The monoisotopic (exact) mass is 429 g/mol. The van der Waals surface area contributed by atoms with E-state index in [1.807, 2.05) is 6.92 Å². The lowest BCUT2D eigenvalue weighted by Gasteiger charge is -2.04. The molecular weight excluding hydrogens is 413 g/mol. The van der Waals surface area contributed by atoms with Gasteiger partial charge in [0.15, 0.2) is 5.16 Å². The van der Waals surface area contributed by atoms with Gasteiger partial charge in [-0.15, -0.1) is 11.3 Å². The van der Waals surface area contributed by atoms with Crippen molar-refractivity contribution in [3.63, 3.8) is 0 Å². The number of fused-ring (bicyclic) bond motifs is 1. The molecule has 0 saturated carbocycles. The standard InChI is InChI=1S/C20H16FN3O3S2/c1-11-16(12-4-6-13(21)7-5-12)17-18(26)23-20(24-19(17)29-11)28-10-15(25)22-9-14-3-2-8-27-14/h2-8H,9-10H2,1H3,(H,22,25)(H,23,24,26). The van der Waals surface area contributed by atoms with Crippen molar-refractivity contribution in [2.75, 3.05) is 5.75 Å². The number of aromatic nitrogens is 2. The molecule has 0 saturated heterocycles. The quantitative estimate of drug-likeness (QED) is 0.356. The number of rotatable bonds is 6. The summed E-state index contributed by atoms with van der Waals surface area (Å²) in [6, 6.07) is 9.56. The molecule has 0 unspecified atom stereocenters. The van der Waals surface area contributed by atoms with Gasteiger partial charge in [-0.25, -0.2) is 9.37 Å². The van der Waals surface area contributed by atoms with Gasteiger partial charge < -0.3 is 14.7 Å². The summed E-state index contributed by atoms with van der Waals surface area (Å²) in [7, 11) is 0. The molecule has 0 spiro atoms. The molecule has 4 rings (SSSR count). The highest BCUT2D eigenvalue weighted by Crippen LogP contribution is 2.36. The van der Waals surface area contributed by atoms with E-state index in [1.54, 1.807) is 30.5 Å². The summed E-state index contributed by atoms with van der Waals surface area (Å²) in [4.78, 5) is 33.5. The van der Waals surface area contributed by atoms with Gasteiger partial charge in [0, 0.05) is 10.4 Å². The molecule has 0 aliphatic heterocycles. The first-order valence-corrected chi connectivity index (χ1v) is 10.5. The van der Waals surface area contributed by atoms with E-state index < -0.39 is 0 Å². The smallest absolute Gasteiger partial charge is 0.260 e. The Morgan fingerprint density at radius 3 is 2.83 bits per heavy atom. The van der Waals surface area contributed by atoms with Crippen molar-refractivity contribution in [1.29, 1.82) is 0 Å². The van der Waals surface area contributed by atoms with E-state index in [0.29, 0.717) is 27.7 Å². The molecule has 0 aliphatic rings. The zero-order valence-electron chi connectivity index (χ0n) is 15.3. The number of carbonyl (C=O) groups excluding carboxylic acids is 1. The minimum atomic E-state index is -0.331. The number of aromatic amines is 1. The number of thioether (sulfide) groups is 1. The zero-order chi connectivity index (χ0) is 20.4. The number of benzene rings is 1. The van der Waals surface area contributed by atoms with Crippen molar-refractivity contribution in [1.82, 2.24) is 15.3 Å². The van der Waals surface area contributed by atoms with Crippen molar-refractivity contribution in [3.8, 4) is 11.1 Å². The second-order valence-electron chi connectivity index (χ2n) is 6.24. The number of furan rings is 1. The third-order valence-electron chi connectivity index (χ3n) is 4.23. The number of amides is 1. The molecule has 0 bridgehead atoms. The first-order valence-electron chi connectivity index (χ1n) is 8.72. The van der Waals surface area contributed by atoms with Crippen LogP contribution in [-0.2, 0) is 11.3 Å². The van der Waals surface area contributed by atoms with Crippen LogP contribution in [0.1, 0.15) is 10.6 Å². The number of halogens is 1. The molecule has 0 fully saturated rings. The van der Waals surface area contributed by atoms with Crippen LogP contribution in [0.5, 0.6) is 0 Å². The predicted octanol–water partition coefficient (Wildman–Crippen LogP) is 4.10. The van der Waals surface area contributed by atoms with E-state index in [4.69, 9.17) is 4.42 Å². The maximum atomic E-state index is 13.2. The summed E-state index contributed by atoms with van der Waals surface area (Å²) in [5.74, 6) is 0.258. The molecule has 3 aromatic heterocycles. The van der Waals surface area contributed by atoms with Gasteiger partial charge in [-0.2, -0.15) is 0 Å². The zero-order valence-corrected chi connectivity index (χ0v) is 17.0. The molecule has 3 heterocycles. The van der Waals surface area contributed by atoms with Gasteiger partial charge in [-0.05, 0) is 36.8 Å².